The van der Waals surface area contributed by atoms with Gasteiger partial charge in [0, 0.05) is 25.4 Å². The summed E-state index contributed by atoms with van der Waals surface area (Å²) in [5.41, 5.74) is 1.47. The van der Waals surface area contributed by atoms with Gasteiger partial charge in [-0.05, 0) is 31.2 Å². The minimum atomic E-state index is -0.284. The van der Waals surface area contributed by atoms with Crippen molar-refractivity contribution in [3.8, 4) is 5.69 Å². The molecule has 0 aliphatic carbocycles. The molecule has 0 radical (unpaired) electrons. The molecule has 0 saturated heterocycles. The Balaban J connectivity index is 2.32. The maximum Gasteiger partial charge on any atom is 0.271 e. The molecule has 0 spiro atoms. The average molecular weight is 290 g/mol. The molecule has 1 amide bonds. The number of nitrogens with one attached hydrogen (secondary N) is 2. The van der Waals surface area contributed by atoms with Crippen molar-refractivity contribution in [1.82, 2.24) is 20.4 Å². The fourth-order valence-corrected chi connectivity index (χ4v) is 2.03. The molecule has 1 aromatic carbocycles. The second-order valence-corrected chi connectivity index (χ2v) is 4.64. The van der Waals surface area contributed by atoms with Gasteiger partial charge in [0.15, 0.2) is 5.69 Å². The number of nitrogens with zero attached hydrogens (tertiary/aromatic N) is 2. The van der Waals surface area contributed by atoms with Crippen molar-refractivity contribution < 1.29 is 9.18 Å². The molecule has 0 atom stereocenters. The van der Waals surface area contributed by atoms with Gasteiger partial charge in [-0.2, -0.15) is 5.10 Å². The highest BCUT2D eigenvalue weighted by molar-refractivity contribution is 5.91. The minimum absolute atomic E-state index is 0.268. The van der Waals surface area contributed by atoms with Gasteiger partial charge in [-0.25, -0.2) is 9.07 Å². The Morgan fingerprint density at radius 3 is 2.90 bits per heavy atom. The predicted octanol–water partition coefficient (Wildman–Crippen LogP) is 1.87. The van der Waals surface area contributed by atoms with Gasteiger partial charge in [-0.3, -0.25) is 4.79 Å². The molecule has 6 heteroatoms. The van der Waals surface area contributed by atoms with Crippen LogP contribution < -0.4 is 10.6 Å². The first-order valence-electron chi connectivity index (χ1n) is 6.93. The largest absolute Gasteiger partial charge is 0.354 e. The van der Waals surface area contributed by atoms with E-state index in [1.54, 1.807) is 31.4 Å². The lowest BCUT2D eigenvalue weighted by atomic mass is 10.1. The van der Waals surface area contributed by atoms with E-state index in [9.17, 15) is 9.18 Å². The van der Waals surface area contributed by atoms with Crippen LogP contribution in [0.4, 0.5) is 4.39 Å². The number of aromatic nitrogens is 2. The van der Waals surface area contributed by atoms with Gasteiger partial charge < -0.3 is 10.6 Å². The van der Waals surface area contributed by atoms with Crippen molar-refractivity contribution >= 4 is 5.91 Å². The number of halogens is 1. The lowest BCUT2D eigenvalue weighted by molar-refractivity contribution is 0.0957. The molecule has 0 fully saturated rings. The van der Waals surface area contributed by atoms with Gasteiger partial charge in [0.05, 0.1) is 5.69 Å². The molecule has 2 aromatic rings. The third-order valence-electron chi connectivity index (χ3n) is 3.12. The van der Waals surface area contributed by atoms with E-state index in [0.717, 1.165) is 13.0 Å². The van der Waals surface area contributed by atoms with Crippen molar-refractivity contribution in [3.05, 3.63) is 47.5 Å². The summed E-state index contributed by atoms with van der Waals surface area (Å²) in [4.78, 5) is 11.5. The van der Waals surface area contributed by atoms with E-state index in [0.29, 0.717) is 23.5 Å². The molecule has 2 rings (SSSR count). The summed E-state index contributed by atoms with van der Waals surface area (Å²) in [6.45, 7) is 3.29. The fourth-order valence-electron chi connectivity index (χ4n) is 2.03. The molecule has 0 aliphatic rings. The lowest BCUT2D eigenvalue weighted by Gasteiger charge is -2.11. The van der Waals surface area contributed by atoms with Crippen LogP contribution in [0.1, 0.15) is 29.4 Å². The van der Waals surface area contributed by atoms with Gasteiger partial charge in [0.1, 0.15) is 5.82 Å². The maximum atomic E-state index is 14.0. The van der Waals surface area contributed by atoms with Crippen molar-refractivity contribution in [3.63, 3.8) is 0 Å². The normalized spacial score (nSPS) is 10.6. The van der Waals surface area contributed by atoms with Crippen molar-refractivity contribution in [2.45, 2.75) is 19.9 Å². The number of rotatable bonds is 6. The van der Waals surface area contributed by atoms with Crippen LogP contribution in [-0.4, -0.2) is 29.3 Å². The van der Waals surface area contributed by atoms with E-state index < -0.39 is 0 Å². The highest BCUT2D eigenvalue weighted by Crippen LogP contribution is 2.18. The smallest absolute Gasteiger partial charge is 0.271 e. The number of hydrogen-bond acceptors (Lipinski definition) is 3. The number of carbonyl (C=O) groups excluding carboxylic acids is 1. The van der Waals surface area contributed by atoms with Crippen LogP contribution in [0.3, 0.4) is 0 Å². The van der Waals surface area contributed by atoms with Gasteiger partial charge in [-0.1, -0.05) is 13.0 Å². The molecular formula is C15H19FN4O. The van der Waals surface area contributed by atoms with Crippen molar-refractivity contribution in [2.75, 3.05) is 13.6 Å². The van der Waals surface area contributed by atoms with Crippen LogP contribution in [0.25, 0.3) is 5.69 Å². The van der Waals surface area contributed by atoms with Gasteiger partial charge in [0.2, 0.25) is 0 Å². The van der Waals surface area contributed by atoms with Crippen LogP contribution in [0, 0.1) is 5.82 Å². The first-order valence-corrected chi connectivity index (χ1v) is 6.93. The lowest BCUT2D eigenvalue weighted by Crippen LogP contribution is -2.19. The van der Waals surface area contributed by atoms with Gasteiger partial charge in [0.25, 0.3) is 5.91 Å². The summed E-state index contributed by atoms with van der Waals surface area (Å²) >= 11 is 0. The van der Waals surface area contributed by atoms with Crippen LogP contribution in [0.15, 0.2) is 30.5 Å². The minimum Gasteiger partial charge on any atom is -0.354 e. The second-order valence-electron chi connectivity index (χ2n) is 4.64. The first kappa shape index (κ1) is 15.2. The van der Waals surface area contributed by atoms with Gasteiger partial charge in [-0.15, -0.1) is 0 Å². The number of amides is 1. The monoisotopic (exact) mass is 290 g/mol. The molecule has 2 N–H and O–H groups in total. The topological polar surface area (TPSA) is 59.0 Å². The van der Waals surface area contributed by atoms with Crippen molar-refractivity contribution in [2.24, 2.45) is 0 Å². The van der Waals surface area contributed by atoms with Crippen LogP contribution in [0.2, 0.25) is 0 Å². The standard InChI is InChI=1S/C15H19FN4O/c1-3-8-18-10-11-12(16)5-4-6-14(11)20-9-7-13(19-20)15(21)17-2/h4-7,9,18H,3,8,10H2,1-2H3,(H,17,21). The van der Waals surface area contributed by atoms with E-state index in [4.69, 9.17) is 0 Å². The zero-order valence-corrected chi connectivity index (χ0v) is 12.2. The molecule has 0 unspecified atom stereocenters. The molecule has 0 aliphatic heterocycles. The Morgan fingerprint density at radius 1 is 1.38 bits per heavy atom. The van der Waals surface area contributed by atoms with E-state index in [1.165, 1.54) is 10.7 Å². The third-order valence-corrected chi connectivity index (χ3v) is 3.12. The molecular weight excluding hydrogens is 271 g/mol. The van der Waals surface area contributed by atoms with Crippen LogP contribution in [-0.2, 0) is 6.54 Å². The summed E-state index contributed by atoms with van der Waals surface area (Å²) < 4.78 is 15.6. The van der Waals surface area contributed by atoms with Crippen LogP contribution in [0.5, 0.6) is 0 Å². The maximum absolute atomic E-state index is 14.0. The molecule has 0 bridgehead atoms. The zero-order valence-electron chi connectivity index (χ0n) is 12.2. The van der Waals surface area contributed by atoms with Gasteiger partial charge >= 0.3 is 0 Å². The highest BCUT2D eigenvalue weighted by atomic mass is 19.1. The number of hydrogen-bond donors (Lipinski definition) is 2. The molecule has 1 heterocycles. The zero-order chi connectivity index (χ0) is 15.2. The Morgan fingerprint density at radius 2 is 2.19 bits per heavy atom. The Hall–Kier alpha value is -2.21. The van der Waals surface area contributed by atoms with E-state index in [2.05, 4.69) is 22.7 Å². The number of benzene rings is 1. The predicted molar refractivity (Wildman–Crippen MR) is 78.9 cm³/mol. The average Bonchev–Trinajstić information content (AvgIpc) is 2.98. The Kier molecular flexibility index (Phi) is 5.05. The van der Waals surface area contributed by atoms with Crippen molar-refractivity contribution in [1.29, 1.82) is 0 Å². The molecule has 5 nitrogen and oxygen atoms in total. The summed E-state index contributed by atoms with van der Waals surface area (Å²) in [7, 11) is 1.55. The molecule has 0 saturated carbocycles. The highest BCUT2D eigenvalue weighted by Gasteiger charge is 2.13. The number of carbonyl (C=O) groups is 1. The molecule has 21 heavy (non-hydrogen) atoms. The first-order chi connectivity index (χ1) is 10.2. The fraction of sp³-hybridized carbons (Fsp3) is 0.333. The summed E-state index contributed by atoms with van der Waals surface area (Å²) in [6, 6.07) is 6.45. The summed E-state index contributed by atoms with van der Waals surface area (Å²) in [5.74, 6) is -0.552. The Labute approximate surface area is 123 Å². The van der Waals surface area contributed by atoms with E-state index in [1.807, 2.05) is 0 Å². The molecule has 1 aromatic heterocycles. The van der Waals surface area contributed by atoms with E-state index >= 15 is 0 Å². The summed E-state index contributed by atoms with van der Waals surface area (Å²) in [6.07, 6.45) is 2.63. The third kappa shape index (κ3) is 3.46. The SMILES string of the molecule is CCCNCc1c(F)cccc1-n1ccc(C(=O)NC)n1. The summed E-state index contributed by atoms with van der Waals surface area (Å²) in [5, 5.41) is 9.89. The Bertz CT molecular complexity index is 624. The van der Waals surface area contributed by atoms with E-state index in [-0.39, 0.29) is 11.7 Å². The van der Waals surface area contributed by atoms with Crippen LogP contribution >= 0.6 is 0 Å². The quantitative estimate of drug-likeness (QED) is 0.799. The second kappa shape index (κ2) is 6.99. The molecule has 112 valence electrons.